The molecule has 2 fully saturated rings. The van der Waals surface area contributed by atoms with Crippen LogP contribution in [0.15, 0.2) is 6.07 Å². The molecule has 2 heterocycles. The highest BCUT2D eigenvalue weighted by atomic mass is 16.3. The summed E-state index contributed by atoms with van der Waals surface area (Å²) in [6.07, 6.45) is 7.87. The van der Waals surface area contributed by atoms with Crippen LogP contribution in [0.4, 0.5) is 5.82 Å². The fourth-order valence-electron chi connectivity index (χ4n) is 3.89. The van der Waals surface area contributed by atoms with E-state index >= 15 is 0 Å². The molecule has 0 amide bonds. The minimum Gasteiger partial charge on any atom is -0.389 e. The van der Waals surface area contributed by atoms with Crippen LogP contribution in [0.2, 0.25) is 0 Å². The van der Waals surface area contributed by atoms with Gasteiger partial charge in [-0.05, 0) is 63.6 Å². The van der Waals surface area contributed by atoms with Gasteiger partial charge in [-0.1, -0.05) is 0 Å². The Balaban J connectivity index is 1.34. The van der Waals surface area contributed by atoms with E-state index in [1.807, 2.05) is 0 Å². The van der Waals surface area contributed by atoms with Gasteiger partial charge in [-0.3, -0.25) is 4.90 Å². The van der Waals surface area contributed by atoms with Gasteiger partial charge in [0, 0.05) is 25.7 Å². The van der Waals surface area contributed by atoms with Gasteiger partial charge in [-0.25, -0.2) is 0 Å². The van der Waals surface area contributed by atoms with Crippen molar-refractivity contribution in [2.75, 3.05) is 31.6 Å². The summed E-state index contributed by atoms with van der Waals surface area (Å²) >= 11 is 0. The lowest BCUT2D eigenvalue weighted by Crippen LogP contribution is -2.62. The van der Waals surface area contributed by atoms with Crippen LogP contribution >= 0.6 is 0 Å². The molecule has 1 N–H and O–H groups in total. The van der Waals surface area contributed by atoms with E-state index in [1.165, 1.54) is 30.5 Å². The molecule has 120 valence electrons. The summed E-state index contributed by atoms with van der Waals surface area (Å²) in [5.74, 6) is 1.03. The second-order valence-electron chi connectivity index (χ2n) is 7.43. The van der Waals surface area contributed by atoms with Gasteiger partial charge >= 0.3 is 0 Å². The van der Waals surface area contributed by atoms with Crippen molar-refractivity contribution in [2.45, 2.75) is 56.6 Å². The summed E-state index contributed by atoms with van der Waals surface area (Å²) in [6.45, 7) is 2.81. The number of likely N-dealkylation sites (N-methyl/N-ethyl adjacent to an activating group) is 1. The topological polar surface area (TPSA) is 52.5 Å². The minimum atomic E-state index is -0.416. The second-order valence-corrected chi connectivity index (χ2v) is 7.43. The first kappa shape index (κ1) is 14.4. The Morgan fingerprint density at radius 2 is 2.00 bits per heavy atom. The number of anilines is 1. The molecule has 0 spiro atoms. The number of fused-ring (bicyclic) bond motifs is 1. The summed E-state index contributed by atoms with van der Waals surface area (Å²) < 4.78 is 0. The lowest BCUT2D eigenvalue weighted by Gasteiger charge is -2.48. The molecular weight excluding hydrogens is 276 g/mol. The van der Waals surface area contributed by atoms with Crippen LogP contribution in [0.1, 0.15) is 43.4 Å². The van der Waals surface area contributed by atoms with E-state index in [1.54, 1.807) is 0 Å². The first-order valence-corrected chi connectivity index (χ1v) is 8.66. The van der Waals surface area contributed by atoms with E-state index in [-0.39, 0.29) is 0 Å². The van der Waals surface area contributed by atoms with E-state index in [0.717, 1.165) is 51.1 Å². The smallest absolute Gasteiger partial charge is 0.151 e. The first-order valence-electron chi connectivity index (χ1n) is 8.66. The molecule has 1 aliphatic heterocycles. The monoisotopic (exact) mass is 302 g/mol. The molecule has 22 heavy (non-hydrogen) atoms. The highest BCUT2D eigenvalue weighted by Crippen LogP contribution is 2.33. The number of hydrogen-bond donors (Lipinski definition) is 1. The van der Waals surface area contributed by atoms with Crippen molar-refractivity contribution in [3.05, 3.63) is 17.3 Å². The number of rotatable bonds is 4. The van der Waals surface area contributed by atoms with Crippen LogP contribution in [0, 0.1) is 0 Å². The third kappa shape index (κ3) is 2.61. The standard InChI is InChI=1S/C17H26N4O/c1-20(12-17(22)7-4-8-17)14-10-21(11-14)16-9-13-5-2-3-6-15(13)18-19-16/h9,14,22H,2-8,10-12H2,1H3. The summed E-state index contributed by atoms with van der Waals surface area (Å²) in [6, 6.07) is 2.78. The molecule has 4 rings (SSSR count). The average molecular weight is 302 g/mol. The van der Waals surface area contributed by atoms with Crippen LogP contribution < -0.4 is 4.90 Å². The molecule has 0 unspecified atom stereocenters. The second kappa shape index (κ2) is 5.46. The molecule has 0 atom stereocenters. The molecule has 0 bridgehead atoms. The Bertz CT molecular complexity index is 552. The summed E-state index contributed by atoms with van der Waals surface area (Å²) in [4.78, 5) is 4.63. The van der Waals surface area contributed by atoms with Gasteiger partial charge in [0.05, 0.1) is 11.3 Å². The van der Waals surface area contributed by atoms with Crippen LogP contribution in [-0.4, -0.2) is 58.5 Å². The van der Waals surface area contributed by atoms with Crippen LogP contribution in [0.25, 0.3) is 0 Å². The molecule has 3 aliphatic rings. The normalized spacial score (nSPS) is 23.9. The van der Waals surface area contributed by atoms with Gasteiger partial charge in [0.25, 0.3) is 0 Å². The van der Waals surface area contributed by atoms with Crippen LogP contribution in [0.3, 0.4) is 0 Å². The molecule has 0 aromatic carbocycles. The Kier molecular flexibility index (Phi) is 3.57. The predicted octanol–water partition coefficient (Wildman–Crippen LogP) is 1.39. The molecular formula is C17H26N4O. The zero-order valence-electron chi connectivity index (χ0n) is 13.5. The van der Waals surface area contributed by atoms with Crippen molar-refractivity contribution in [2.24, 2.45) is 0 Å². The Morgan fingerprint density at radius 1 is 1.23 bits per heavy atom. The lowest BCUT2D eigenvalue weighted by atomic mass is 9.79. The minimum absolute atomic E-state index is 0.416. The Labute approximate surface area is 132 Å². The zero-order chi connectivity index (χ0) is 15.2. The Hall–Kier alpha value is -1.20. The van der Waals surface area contributed by atoms with Crippen molar-refractivity contribution >= 4 is 5.82 Å². The maximum atomic E-state index is 10.3. The zero-order valence-corrected chi connectivity index (χ0v) is 13.5. The van der Waals surface area contributed by atoms with Gasteiger partial charge in [-0.15, -0.1) is 5.10 Å². The van der Waals surface area contributed by atoms with E-state index in [9.17, 15) is 5.11 Å². The van der Waals surface area contributed by atoms with Gasteiger partial charge in [0.1, 0.15) is 0 Å². The Morgan fingerprint density at radius 3 is 2.73 bits per heavy atom. The maximum absolute atomic E-state index is 10.3. The van der Waals surface area contributed by atoms with Gasteiger partial charge in [-0.2, -0.15) is 5.10 Å². The highest BCUT2D eigenvalue weighted by molar-refractivity contribution is 5.45. The number of aromatic nitrogens is 2. The third-order valence-electron chi connectivity index (χ3n) is 5.69. The highest BCUT2D eigenvalue weighted by Gasteiger charge is 2.39. The fraction of sp³-hybridized carbons (Fsp3) is 0.765. The number of aliphatic hydroxyl groups is 1. The lowest BCUT2D eigenvalue weighted by molar-refractivity contribution is -0.0629. The van der Waals surface area contributed by atoms with Crippen molar-refractivity contribution in [1.29, 1.82) is 0 Å². The van der Waals surface area contributed by atoms with Gasteiger partial charge in [0.2, 0.25) is 0 Å². The van der Waals surface area contributed by atoms with Crippen molar-refractivity contribution in [1.82, 2.24) is 15.1 Å². The number of aryl methyl sites for hydroxylation is 2. The van der Waals surface area contributed by atoms with Gasteiger partial charge in [0.15, 0.2) is 5.82 Å². The molecule has 5 heteroatoms. The number of nitrogens with zero attached hydrogens (tertiary/aromatic N) is 4. The molecule has 2 aliphatic carbocycles. The molecule has 5 nitrogen and oxygen atoms in total. The predicted molar refractivity (Wildman–Crippen MR) is 86.1 cm³/mol. The molecule has 0 radical (unpaired) electrons. The fourth-order valence-corrected chi connectivity index (χ4v) is 3.89. The van der Waals surface area contributed by atoms with E-state index in [0.29, 0.717) is 6.04 Å². The maximum Gasteiger partial charge on any atom is 0.151 e. The van der Waals surface area contributed by atoms with Crippen molar-refractivity contribution in [3.63, 3.8) is 0 Å². The molecule has 1 saturated heterocycles. The van der Waals surface area contributed by atoms with Crippen molar-refractivity contribution in [3.8, 4) is 0 Å². The summed E-state index contributed by atoms with van der Waals surface area (Å²) in [5.41, 5.74) is 2.19. The quantitative estimate of drug-likeness (QED) is 0.911. The van der Waals surface area contributed by atoms with E-state index < -0.39 is 5.60 Å². The van der Waals surface area contributed by atoms with Crippen LogP contribution in [0.5, 0.6) is 0 Å². The summed E-state index contributed by atoms with van der Waals surface area (Å²) in [5, 5.41) is 19.1. The molecule has 1 aromatic heterocycles. The van der Waals surface area contributed by atoms with Gasteiger partial charge < -0.3 is 10.0 Å². The average Bonchev–Trinajstić information content (AvgIpc) is 2.44. The first-order chi connectivity index (χ1) is 10.6. The van der Waals surface area contributed by atoms with Crippen molar-refractivity contribution < 1.29 is 5.11 Å². The largest absolute Gasteiger partial charge is 0.389 e. The van der Waals surface area contributed by atoms with E-state index in [4.69, 9.17) is 0 Å². The molecule has 1 saturated carbocycles. The summed E-state index contributed by atoms with van der Waals surface area (Å²) in [7, 11) is 2.14. The third-order valence-corrected chi connectivity index (χ3v) is 5.69. The van der Waals surface area contributed by atoms with E-state index in [2.05, 4.69) is 33.1 Å². The molecule has 1 aromatic rings. The number of hydrogen-bond acceptors (Lipinski definition) is 5. The van der Waals surface area contributed by atoms with Crippen LogP contribution in [-0.2, 0) is 12.8 Å². The SMILES string of the molecule is CN(CC1(O)CCC1)C1CN(c2cc3c(nn2)CCCC3)C1.